The van der Waals surface area contributed by atoms with Crippen molar-refractivity contribution in [3.05, 3.63) is 35.9 Å². The molecule has 1 aliphatic rings. The zero-order valence-electron chi connectivity index (χ0n) is 15.5. The second-order valence-corrected chi connectivity index (χ2v) is 7.15. The number of aliphatic carboxylic acids is 1. The van der Waals surface area contributed by atoms with E-state index >= 15 is 0 Å². The maximum Gasteiger partial charge on any atom is 0.329 e. The van der Waals surface area contributed by atoms with Crippen molar-refractivity contribution in [1.29, 1.82) is 0 Å². The lowest BCUT2D eigenvalue weighted by molar-refractivity contribution is -0.150. The zero-order valence-corrected chi connectivity index (χ0v) is 15.5. The molecule has 1 saturated carbocycles. The summed E-state index contributed by atoms with van der Waals surface area (Å²) in [6, 6.07) is 8.74. The monoisotopic (exact) mass is 360 g/mol. The average molecular weight is 360 g/mol. The average Bonchev–Trinajstić information content (AvgIpc) is 2.62. The third kappa shape index (κ3) is 5.07. The van der Waals surface area contributed by atoms with Gasteiger partial charge in [-0.2, -0.15) is 0 Å². The van der Waals surface area contributed by atoms with Crippen LogP contribution < -0.4 is 10.6 Å². The molecule has 1 unspecified atom stereocenters. The Hall–Kier alpha value is -2.37. The molecule has 1 aromatic rings. The molecule has 0 saturated heterocycles. The second kappa shape index (κ2) is 8.83. The second-order valence-electron chi connectivity index (χ2n) is 7.15. The Kier molecular flexibility index (Phi) is 6.77. The molecule has 0 aromatic heterocycles. The Morgan fingerprint density at radius 1 is 1.19 bits per heavy atom. The maximum absolute atomic E-state index is 12.6. The van der Waals surface area contributed by atoms with Crippen molar-refractivity contribution < 1.29 is 19.5 Å². The van der Waals surface area contributed by atoms with Gasteiger partial charge < -0.3 is 15.7 Å². The number of carboxylic acids is 1. The summed E-state index contributed by atoms with van der Waals surface area (Å²) < 4.78 is 0. The summed E-state index contributed by atoms with van der Waals surface area (Å²) in [5.74, 6) is -1.04. The minimum Gasteiger partial charge on any atom is -0.480 e. The Morgan fingerprint density at radius 2 is 1.81 bits per heavy atom. The number of carboxylic acid groups (broad SMARTS) is 1. The van der Waals surface area contributed by atoms with Crippen LogP contribution in [0.4, 0.5) is 0 Å². The summed E-state index contributed by atoms with van der Waals surface area (Å²) in [5.41, 5.74) is -0.378. The molecule has 0 heterocycles. The van der Waals surface area contributed by atoms with E-state index in [2.05, 4.69) is 17.6 Å². The van der Waals surface area contributed by atoms with Crippen molar-refractivity contribution in [2.45, 2.75) is 64.0 Å². The van der Waals surface area contributed by atoms with E-state index in [0.29, 0.717) is 18.8 Å². The standard InChI is InChI=1S/C20H28N2O4/c1-3-15-9-11-20(12-10-15,19(25)26)22-18(24)13-17(21-14(2)23)16-7-5-4-6-8-16/h4-8,15,17H,3,9-13H2,1-2H3,(H,21,23)(H,22,24)(H,25,26). The number of carbonyl (C=O) groups is 3. The molecule has 142 valence electrons. The molecule has 2 rings (SSSR count). The minimum absolute atomic E-state index is 0.00975. The fourth-order valence-electron chi connectivity index (χ4n) is 3.66. The van der Waals surface area contributed by atoms with Gasteiger partial charge >= 0.3 is 5.97 Å². The summed E-state index contributed by atoms with van der Waals surface area (Å²) in [4.78, 5) is 36.0. The number of benzene rings is 1. The number of hydrogen-bond acceptors (Lipinski definition) is 3. The highest BCUT2D eigenvalue weighted by molar-refractivity contribution is 5.87. The van der Waals surface area contributed by atoms with Crippen LogP contribution in [0.1, 0.15) is 64.0 Å². The normalized spacial score (nSPS) is 23.7. The van der Waals surface area contributed by atoms with Crippen molar-refractivity contribution in [3.8, 4) is 0 Å². The molecular formula is C20H28N2O4. The zero-order chi connectivity index (χ0) is 19.2. The predicted molar refractivity (Wildman–Crippen MR) is 98.4 cm³/mol. The van der Waals surface area contributed by atoms with E-state index in [9.17, 15) is 19.5 Å². The van der Waals surface area contributed by atoms with Gasteiger partial charge in [-0.05, 0) is 37.2 Å². The SMILES string of the molecule is CCC1CCC(NC(=O)CC(NC(C)=O)c2ccccc2)(C(=O)O)CC1. The summed E-state index contributed by atoms with van der Waals surface area (Å²) in [6.45, 7) is 3.51. The Bertz CT molecular complexity index is 636. The molecule has 0 radical (unpaired) electrons. The van der Waals surface area contributed by atoms with Gasteiger partial charge in [-0.15, -0.1) is 0 Å². The Labute approximate surface area is 154 Å². The summed E-state index contributed by atoms with van der Waals surface area (Å²) in [5, 5.41) is 15.2. The van der Waals surface area contributed by atoms with Gasteiger partial charge in [-0.25, -0.2) is 4.79 Å². The van der Waals surface area contributed by atoms with Crippen LogP contribution in [-0.4, -0.2) is 28.4 Å². The topological polar surface area (TPSA) is 95.5 Å². The highest BCUT2D eigenvalue weighted by Crippen LogP contribution is 2.34. The maximum atomic E-state index is 12.6. The number of carbonyl (C=O) groups excluding carboxylic acids is 2. The van der Waals surface area contributed by atoms with Crippen LogP contribution in [0.5, 0.6) is 0 Å². The van der Waals surface area contributed by atoms with Gasteiger partial charge in [0.2, 0.25) is 11.8 Å². The van der Waals surface area contributed by atoms with Crippen LogP contribution in [0.2, 0.25) is 0 Å². The molecule has 0 spiro atoms. The van der Waals surface area contributed by atoms with Crippen molar-refractivity contribution in [1.82, 2.24) is 10.6 Å². The van der Waals surface area contributed by atoms with E-state index in [1.165, 1.54) is 6.92 Å². The molecule has 26 heavy (non-hydrogen) atoms. The third-order valence-electron chi connectivity index (χ3n) is 5.29. The van der Waals surface area contributed by atoms with E-state index in [-0.39, 0.29) is 18.2 Å². The Balaban J connectivity index is 2.08. The molecule has 1 atom stereocenters. The highest BCUT2D eigenvalue weighted by Gasteiger charge is 2.43. The molecule has 0 aliphatic heterocycles. The summed E-state index contributed by atoms with van der Waals surface area (Å²) in [6.07, 6.45) is 3.54. The van der Waals surface area contributed by atoms with Crippen molar-refractivity contribution in [2.75, 3.05) is 0 Å². The predicted octanol–water partition coefficient (Wildman–Crippen LogP) is 2.79. The van der Waals surface area contributed by atoms with Gasteiger partial charge in [0.15, 0.2) is 0 Å². The first kappa shape index (κ1) is 19.9. The van der Waals surface area contributed by atoms with Gasteiger partial charge in [-0.3, -0.25) is 9.59 Å². The number of rotatable bonds is 7. The van der Waals surface area contributed by atoms with Gasteiger partial charge in [-0.1, -0.05) is 43.7 Å². The van der Waals surface area contributed by atoms with E-state index in [0.717, 1.165) is 24.8 Å². The van der Waals surface area contributed by atoms with Crippen LogP contribution in [-0.2, 0) is 14.4 Å². The van der Waals surface area contributed by atoms with Crippen molar-refractivity contribution >= 4 is 17.8 Å². The van der Waals surface area contributed by atoms with Gasteiger partial charge in [0.1, 0.15) is 5.54 Å². The first-order valence-electron chi connectivity index (χ1n) is 9.22. The molecular weight excluding hydrogens is 332 g/mol. The number of amides is 2. The molecule has 1 aliphatic carbocycles. The first-order chi connectivity index (χ1) is 12.4. The smallest absolute Gasteiger partial charge is 0.329 e. The van der Waals surface area contributed by atoms with Gasteiger partial charge in [0, 0.05) is 6.92 Å². The molecule has 1 aromatic carbocycles. The van der Waals surface area contributed by atoms with E-state index in [4.69, 9.17) is 0 Å². The minimum atomic E-state index is -1.19. The fourth-order valence-corrected chi connectivity index (χ4v) is 3.66. The van der Waals surface area contributed by atoms with Gasteiger partial charge in [0.05, 0.1) is 12.5 Å². The largest absolute Gasteiger partial charge is 0.480 e. The van der Waals surface area contributed by atoms with Crippen LogP contribution in [0.15, 0.2) is 30.3 Å². The van der Waals surface area contributed by atoms with Crippen LogP contribution in [0, 0.1) is 5.92 Å². The molecule has 6 nitrogen and oxygen atoms in total. The Morgan fingerprint density at radius 3 is 2.31 bits per heavy atom. The fraction of sp³-hybridized carbons (Fsp3) is 0.550. The lowest BCUT2D eigenvalue weighted by atomic mass is 9.75. The lowest BCUT2D eigenvalue weighted by Crippen LogP contribution is -2.56. The molecule has 6 heteroatoms. The number of hydrogen-bond donors (Lipinski definition) is 3. The highest BCUT2D eigenvalue weighted by atomic mass is 16.4. The third-order valence-corrected chi connectivity index (χ3v) is 5.29. The van der Waals surface area contributed by atoms with Crippen molar-refractivity contribution in [2.24, 2.45) is 5.92 Å². The van der Waals surface area contributed by atoms with Crippen molar-refractivity contribution in [3.63, 3.8) is 0 Å². The quantitative estimate of drug-likeness (QED) is 0.697. The van der Waals surface area contributed by atoms with E-state index in [1.807, 2.05) is 30.3 Å². The molecule has 3 N–H and O–H groups in total. The first-order valence-corrected chi connectivity index (χ1v) is 9.22. The molecule has 0 bridgehead atoms. The molecule has 1 fully saturated rings. The van der Waals surface area contributed by atoms with E-state index < -0.39 is 17.6 Å². The number of nitrogens with one attached hydrogen (secondary N) is 2. The van der Waals surface area contributed by atoms with E-state index in [1.54, 1.807) is 0 Å². The van der Waals surface area contributed by atoms with Crippen LogP contribution >= 0.6 is 0 Å². The van der Waals surface area contributed by atoms with Gasteiger partial charge in [0.25, 0.3) is 0 Å². The van der Waals surface area contributed by atoms with Crippen LogP contribution in [0.25, 0.3) is 0 Å². The molecule has 2 amide bonds. The summed E-state index contributed by atoms with van der Waals surface area (Å²) >= 11 is 0. The summed E-state index contributed by atoms with van der Waals surface area (Å²) in [7, 11) is 0. The lowest BCUT2D eigenvalue weighted by Gasteiger charge is -2.37. The van der Waals surface area contributed by atoms with Crippen LogP contribution in [0.3, 0.4) is 0 Å².